The lowest BCUT2D eigenvalue weighted by molar-refractivity contribution is -0.141. The van der Waals surface area contributed by atoms with Crippen LogP contribution in [-0.4, -0.2) is 28.0 Å². The second kappa shape index (κ2) is 7.26. The third-order valence-electron chi connectivity index (χ3n) is 4.47. The number of halogens is 4. The van der Waals surface area contributed by atoms with Crippen molar-refractivity contribution in [3.63, 3.8) is 0 Å². The zero-order valence-electron chi connectivity index (χ0n) is 13.5. The number of thiophene rings is 1. The molecule has 3 N–H and O–H groups in total. The molecule has 0 radical (unpaired) electrons. The topological polar surface area (TPSA) is 60.9 Å². The summed E-state index contributed by atoms with van der Waals surface area (Å²) >= 11 is 7.63. The van der Waals surface area contributed by atoms with Crippen LogP contribution in [0.5, 0.6) is 0 Å². The maximum atomic E-state index is 12.8. The zero-order valence-corrected chi connectivity index (χ0v) is 15.1. The molecule has 0 spiro atoms. The van der Waals surface area contributed by atoms with Gasteiger partial charge in [-0.2, -0.15) is 18.3 Å². The van der Waals surface area contributed by atoms with Crippen LogP contribution < -0.4 is 5.32 Å². The number of aliphatic hydroxyl groups excluding tert-OH is 1. The summed E-state index contributed by atoms with van der Waals surface area (Å²) in [4.78, 5) is 1.12. The number of aromatic nitrogens is 2. The number of aromatic amines is 1. The van der Waals surface area contributed by atoms with E-state index in [0.29, 0.717) is 22.9 Å². The molecule has 138 valence electrons. The number of aliphatic hydroxyl groups is 1. The first-order chi connectivity index (χ1) is 11.8. The van der Waals surface area contributed by atoms with E-state index in [2.05, 4.69) is 15.5 Å². The molecule has 0 amide bonds. The van der Waals surface area contributed by atoms with Crippen LogP contribution in [0.3, 0.4) is 0 Å². The molecule has 0 aromatic carbocycles. The SMILES string of the molecule is CC1CC(c2sc(Cl)cc2CCO)CC(c2cc(C(F)(F)F)n[nH]2)N1. The number of nitrogens with zero attached hydrogens (tertiary/aromatic N) is 1. The molecule has 9 heteroatoms. The average molecular weight is 394 g/mol. The minimum atomic E-state index is -4.45. The van der Waals surface area contributed by atoms with Crippen molar-refractivity contribution in [3.05, 3.63) is 38.3 Å². The van der Waals surface area contributed by atoms with Gasteiger partial charge in [0.1, 0.15) is 0 Å². The van der Waals surface area contributed by atoms with Gasteiger partial charge in [-0.05, 0) is 49.8 Å². The summed E-state index contributed by atoms with van der Waals surface area (Å²) in [6.07, 6.45) is -2.40. The summed E-state index contributed by atoms with van der Waals surface area (Å²) in [7, 11) is 0. The molecule has 3 heterocycles. The molecule has 3 rings (SSSR count). The van der Waals surface area contributed by atoms with Gasteiger partial charge in [-0.25, -0.2) is 0 Å². The third kappa shape index (κ3) is 4.19. The van der Waals surface area contributed by atoms with Crippen molar-refractivity contribution in [3.8, 4) is 0 Å². The van der Waals surface area contributed by atoms with Crippen molar-refractivity contribution in [2.45, 2.75) is 50.4 Å². The molecule has 4 nitrogen and oxygen atoms in total. The Bertz CT molecular complexity index is 731. The summed E-state index contributed by atoms with van der Waals surface area (Å²) < 4.78 is 39.0. The van der Waals surface area contributed by atoms with Crippen LogP contribution in [-0.2, 0) is 12.6 Å². The minimum Gasteiger partial charge on any atom is -0.396 e. The van der Waals surface area contributed by atoms with Crippen molar-refractivity contribution < 1.29 is 18.3 Å². The second-order valence-electron chi connectivity index (χ2n) is 6.41. The Morgan fingerprint density at radius 1 is 1.36 bits per heavy atom. The first kappa shape index (κ1) is 18.7. The fourth-order valence-electron chi connectivity index (χ4n) is 3.45. The molecule has 2 aromatic heterocycles. The Kier molecular flexibility index (Phi) is 5.43. The highest BCUT2D eigenvalue weighted by Gasteiger charge is 2.36. The van der Waals surface area contributed by atoms with Crippen LogP contribution in [0.4, 0.5) is 13.2 Å². The van der Waals surface area contributed by atoms with E-state index in [1.54, 1.807) is 0 Å². The van der Waals surface area contributed by atoms with Gasteiger partial charge < -0.3 is 10.4 Å². The van der Waals surface area contributed by atoms with E-state index >= 15 is 0 Å². The van der Waals surface area contributed by atoms with E-state index in [0.717, 1.165) is 22.9 Å². The van der Waals surface area contributed by atoms with Gasteiger partial charge in [-0.15, -0.1) is 11.3 Å². The normalized spacial score (nSPS) is 24.6. The van der Waals surface area contributed by atoms with Crippen LogP contribution in [0.2, 0.25) is 4.34 Å². The van der Waals surface area contributed by atoms with E-state index in [-0.39, 0.29) is 24.6 Å². The van der Waals surface area contributed by atoms with Gasteiger partial charge in [-0.3, -0.25) is 5.10 Å². The molecule has 1 saturated heterocycles. The van der Waals surface area contributed by atoms with Crippen molar-refractivity contribution >= 4 is 22.9 Å². The molecule has 1 fully saturated rings. The van der Waals surface area contributed by atoms with E-state index in [4.69, 9.17) is 11.6 Å². The fraction of sp³-hybridized carbons (Fsp3) is 0.562. The quantitative estimate of drug-likeness (QED) is 0.726. The molecule has 0 bridgehead atoms. The Hall–Kier alpha value is -1.09. The van der Waals surface area contributed by atoms with Crippen LogP contribution in [0.25, 0.3) is 0 Å². The number of rotatable bonds is 4. The molecule has 0 aliphatic carbocycles. The number of hydrogen-bond donors (Lipinski definition) is 3. The molecular formula is C16H19ClF3N3OS. The highest BCUT2D eigenvalue weighted by Crippen LogP contribution is 2.42. The maximum absolute atomic E-state index is 12.8. The highest BCUT2D eigenvalue weighted by atomic mass is 35.5. The minimum absolute atomic E-state index is 0.0412. The summed E-state index contributed by atoms with van der Waals surface area (Å²) in [5.74, 6) is 0.179. The number of H-pyrrole nitrogens is 1. The predicted molar refractivity (Wildman–Crippen MR) is 91.0 cm³/mol. The number of piperidine rings is 1. The molecule has 25 heavy (non-hydrogen) atoms. The monoisotopic (exact) mass is 393 g/mol. The van der Waals surface area contributed by atoms with Crippen molar-refractivity contribution in [1.82, 2.24) is 15.5 Å². The molecule has 2 aromatic rings. The Morgan fingerprint density at radius 3 is 2.76 bits per heavy atom. The van der Waals surface area contributed by atoms with Gasteiger partial charge in [0, 0.05) is 23.6 Å². The number of nitrogens with one attached hydrogen (secondary N) is 2. The van der Waals surface area contributed by atoms with Gasteiger partial charge in [-0.1, -0.05) is 11.6 Å². The summed E-state index contributed by atoms with van der Waals surface area (Å²) in [6.45, 7) is 2.06. The molecule has 1 aliphatic rings. The smallest absolute Gasteiger partial charge is 0.396 e. The van der Waals surface area contributed by atoms with Crippen LogP contribution in [0.15, 0.2) is 12.1 Å². The van der Waals surface area contributed by atoms with Gasteiger partial charge >= 0.3 is 6.18 Å². The summed E-state index contributed by atoms with van der Waals surface area (Å²) in [5.41, 5.74) is 0.561. The van der Waals surface area contributed by atoms with E-state index in [9.17, 15) is 18.3 Å². The van der Waals surface area contributed by atoms with Crippen molar-refractivity contribution in [2.75, 3.05) is 6.61 Å². The average Bonchev–Trinajstić information content (AvgIpc) is 3.13. The van der Waals surface area contributed by atoms with E-state index < -0.39 is 11.9 Å². The van der Waals surface area contributed by atoms with Crippen LogP contribution >= 0.6 is 22.9 Å². The lowest BCUT2D eigenvalue weighted by atomic mass is 9.84. The lowest BCUT2D eigenvalue weighted by Crippen LogP contribution is -2.38. The Labute approximate surface area is 152 Å². The molecular weight excluding hydrogens is 375 g/mol. The van der Waals surface area contributed by atoms with Crippen LogP contribution in [0.1, 0.15) is 53.6 Å². The molecule has 3 unspecified atom stereocenters. The standard InChI is InChI=1S/C16H19ClF3N3OS/c1-8-4-10(15-9(2-3-24)6-14(17)25-15)5-11(21-8)12-7-13(23-22-12)16(18,19)20/h6-8,10-11,21,24H,2-5H2,1H3,(H,22,23). The largest absolute Gasteiger partial charge is 0.435 e. The second-order valence-corrected chi connectivity index (χ2v) is 8.12. The molecule has 1 aliphatic heterocycles. The van der Waals surface area contributed by atoms with Gasteiger partial charge in [0.05, 0.1) is 10.0 Å². The highest BCUT2D eigenvalue weighted by molar-refractivity contribution is 7.16. The predicted octanol–water partition coefficient (Wildman–Crippen LogP) is 4.28. The van der Waals surface area contributed by atoms with Gasteiger partial charge in [0.25, 0.3) is 0 Å². The zero-order chi connectivity index (χ0) is 18.2. The Morgan fingerprint density at radius 2 is 2.12 bits per heavy atom. The van der Waals surface area contributed by atoms with E-state index in [1.165, 1.54) is 11.3 Å². The summed E-state index contributed by atoms with van der Waals surface area (Å²) in [6, 6.07) is 2.85. The lowest BCUT2D eigenvalue weighted by Gasteiger charge is -2.34. The molecule has 3 atom stereocenters. The first-order valence-corrected chi connectivity index (χ1v) is 9.25. The maximum Gasteiger partial charge on any atom is 0.435 e. The number of hydrogen-bond acceptors (Lipinski definition) is 4. The van der Waals surface area contributed by atoms with Gasteiger partial charge in [0.15, 0.2) is 5.69 Å². The van der Waals surface area contributed by atoms with Crippen molar-refractivity contribution in [1.29, 1.82) is 0 Å². The first-order valence-electron chi connectivity index (χ1n) is 8.05. The van der Waals surface area contributed by atoms with Crippen molar-refractivity contribution in [2.24, 2.45) is 0 Å². The fourth-order valence-corrected chi connectivity index (χ4v) is 4.89. The molecule has 0 saturated carbocycles. The summed E-state index contributed by atoms with van der Waals surface area (Å²) in [5, 5.41) is 18.5. The Balaban J connectivity index is 1.83. The van der Waals surface area contributed by atoms with Crippen LogP contribution in [0, 0.1) is 0 Å². The third-order valence-corrected chi connectivity index (χ3v) is 5.94. The van der Waals surface area contributed by atoms with Gasteiger partial charge in [0.2, 0.25) is 0 Å². The van der Waals surface area contributed by atoms with E-state index in [1.807, 2.05) is 13.0 Å². The number of alkyl halides is 3.